The number of amides is 3. The third-order valence-electron chi connectivity index (χ3n) is 8.62. The van der Waals surface area contributed by atoms with E-state index in [1.807, 2.05) is 6.92 Å². The summed E-state index contributed by atoms with van der Waals surface area (Å²) in [4.78, 5) is 119. The van der Waals surface area contributed by atoms with Crippen molar-refractivity contribution >= 4 is 58.9 Å². The Bertz CT molecular complexity index is 1270. The van der Waals surface area contributed by atoms with Gasteiger partial charge in [-0.2, -0.15) is 0 Å². The highest BCUT2D eigenvalue weighted by atomic mass is 16.4. The largest absolute Gasteiger partial charge is 0.481 e. The van der Waals surface area contributed by atoms with Crippen LogP contribution in [0.4, 0.5) is 0 Å². The summed E-state index contributed by atoms with van der Waals surface area (Å²) in [6.07, 6.45) is 0.107. The molecule has 5 atom stereocenters. The molecule has 0 aromatic rings. The van der Waals surface area contributed by atoms with Crippen molar-refractivity contribution < 1.29 is 68.4 Å². The van der Waals surface area contributed by atoms with Gasteiger partial charge in [0.2, 0.25) is 17.7 Å². The van der Waals surface area contributed by atoms with Gasteiger partial charge in [-0.25, -0.2) is 9.59 Å². The zero-order valence-corrected chi connectivity index (χ0v) is 30.3. The van der Waals surface area contributed by atoms with Gasteiger partial charge in [0.1, 0.15) is 29.4 Å². The molecule has 0 fully saturated rings. The molecule has 0 heterocycles. The number of carbonyl (C=O) groups is 10. The van der Waals surface area contributed by atoms with Crippen molar-refractivity contribution in [2.75, 3.05) is 6.54 Å². The smallest absolute Gasteiger partial charge is 0.326 e. The van der Waals surface area contributed by atoms with Gasteiger partial charge >= 0.3 is 23.9 Å². The third kappa shape index (κ3) is 21.5. The topological polar surface area (TPSA) is 288 Å². The molecule has 0 saturated carbocycles. The van der Waals surface area contributed by atoms with Crippen LogP contribution in [0, 0.1) is 17.8 Å². The van der Waals surface area contributed by atoms with Gasteiger partial charge in [-0.05, 0) is 58.3 Å². The average Bonchev–Trinajstić information content (AvgIpc) is 3.05. The van der Waals surface area contributed by atoms with Crippen LogP contribution in [0.1, 0.15) is 124 Å². The van der Waals surface area contributed by atoms with E-state index < -0.39 is 97.0 Å². The first-order valence-corrected chi connectivity index (χ1v) is 17.7. The first-order chi connectivity index (χ1) is 24.4. The number of carboxylic acids is 4. The molecule has 17 nitrogen and oxygen atoms in total. The second-order valence-corrected chi connectivity index (χ2v) is 12.9. The standard InChI is InChI=1S/C35H55N3O14/c1-4-8-25(40)19-23(32(45)46)10-15-30(43)37-27(34(49)50)13-12-26(41)20-24(33(47)48)11-16-31(44)38-28(35(51)52)14-17-29(42)36-18-7-6-9-22(5-2)21(3)39/h22-24,27-28H,4-20H2,1-3H3,(H,36,42)(H,37,43)(H,38,44)(H,45,46)(H,47,48)(H,49,50)(H,51,52)/t22-,23+,24+,27-,28-/m0/s1. The van der Waals surface area contributed by atoms with Crippen molar-refractivity contribution in [1.29, 1.82) is 0 Å². The second-order valence-electron chi connectivity index (χ2n) is 12.9. The maximum atomic E-state index is 12.6. The SMILES string of the molecule is CCCC(=O)C[C@@H](CCC(=O)N[C@@H](CCC(=O)C[C@@H](CCC(=O)N[C@@H](CCC(=O)NCCCC[C@H](CC)C(C)=O)C(=O)O)C(=O)O)C(=O)O)C(=O)O. The average molecular weight is 742 g/mol. The highest BCUT2D eigenvalue weighted by Crippen LogP contribution is 2.17. The van der Waals surface area contributed by atoms with E-state index in [0.717, 1.165) is 12.8 Å². The lowest BCUT2D eigenvalue weighted by atomic mass is 9.94. The molecule has 0 unspecified atom stereocenters. The van der Waals surface area contributed by atoms with E-state index in [1.165, 1.54) is 0 Å². The van der Waals surface area contributed by atoms with Crippen LogP contribution >= 0.6 is 0 Å². The molecule has 52 heavy (non-hydrogen) atoms. The summed E-state index contributed by atoms with van der Waals surface area (Å²) < 4.78 is 0. The number of nitrogens with one attached hydrogen (secondary N) is 3. The fourth-order valence-corrected chi connectivity index (χ4v) is 5.42. The lowest BCUT2D eigenvalue weighted by Gasteiger charge is -2.17. The number of ketones is 3. The van der Waals surface area contributed by atoms with Crippen LogP contribution in [0.5, 0.6) is 0 Å². The molecule has 0 aliphatic carbocycles. The second kappa shape index (κ2) is 26.1. The molecule has 0 aromatic heterocycles. The van der Waals surface area contributed by atoms with Crippen molar-refractivity contribution in [2.24, 2.45) is 17.8 Å². The van der Waals surface area contributed by atoms with Crippen molar-refractivity contribution in [3.8, 4) is 0 Å². The van der Waals surface area contributed by atoms with E-state index in [9.17, 15) is 68.4 Å². The number of carboxylic acid groups (broad SMARTS) is 4. The maximum absolute atomic E-state index is 12.6. The summed E-state index contributed by atoms with van der Waals surface area (Å²) in [5, 5.41) is 45.0. The fourth-order valence-electron chi connectivity index (χ4n) is 5.42. The number of hydrogen-bond donors (Lipinski definition) is 7. The van der Waals surface area contributed by atoms with E-state index >= 15 is 0 Å². The zero-order chi connectivity index (χ0) is 39.8. The molecule has 0 saturated heterocycles. The van der Waals surface area contributed by atoms with E-state index in [-0.39, 0.29) is 62.4 Å². The van der Waals surface area contributed by atoms with Crippen LogP contribution in [0.2, 0.25) is 0 Å². The van der Waals surface area contributed by atoms with Gasteiger partial charge in [-0.1, -0.05) is 20.3 Å². The molecular formula is C35H55N3O14. The molecule has 3 amide bonds. The minimum atomic E-state index is -1.53. The van der Waals surface area contributed by atoms with Crippen molar-refractivity contribution in [3.05, 3.63) is 0 Å². The Hall–Kier alpha value is -4.70. The van der Waals surface area contributed by atoms with E-state index in [4.69, 9.17) is 0 Å². The van der Waals surface area contributed by atoms with E-state index in [2.05, 4.69) is 16.0 Å². The first kappa shape index (κ1) is 47.3. The number of unbranched alkanes of at least 4 members (excludes halogenated alkanes) is 1. The van der Waals surface area contributed by atoms with E-state index in [1.54, 1.807) is 13.8 Å². The first-order valence-electron chi connectivity index (χ1n) is 17.7. The number of rotatable bonds is 31. The Morgan fingerprint density at radius 2 is 0.942 bits per heavy atom. The van der Waals surface area contributed by atoms with Crippen LogP contribution in [0.25, 0.3) is 0 Å². The van der Waals surface area contributed by atoms with Crippen LogP contribution in [0.15, 0.2) is 0 Å². The minimum absolute atomic E-state index is 0.0188. The quantitative estimate of drug-likeness (QED) is 0.0502. The van der Waals surface area contributed by atoms with Gasteiger partial charge in [0.05, 0.1) is 11.8 Å². The molecule has 0 spiro atoms. The molecule has 0 aromatic carbocycles. The minimum Gasteiger partial charge on any atom is -0.481 e. The number of aliphatic carboxylic acids is 4. The summed E-state index contributed by atoms with van der Waals surface area (Å²) in [6, 6.07) is -2.96. The molecular weight excluding hydrogens is 686 g/mol. The van der Waals surface area contributed by atoms with Crippen molar-refractivity contribution in [3.63, 3.8) is 0 Å². The van der Waals surface area contributed by atoms with Gasteiger partial charge < -0.3 is 36.4 Å². The lowest BCUT2D eigenvalue weighted by Crippen LogP contribution is -2.42. The van der Waals surface area contributed by atoms with Crippen LogP contribution in [0.3, 0.4) is 0 Å². The molecule has 7 N–H and O–H groups in total. The fraction of sp³-hybridized carbons (Fsp3) is 0.714. The predicted molar refractivity (Wildman–Crippen MR) is 184 cm³/mol. The highest BCUT2D eigenvalue weighted by Gasteiger charge is 2.28. The zero-order valence-electron chi connectivity index (χ0n) is 30.3. The summed E-state index contributed by atoms with van der Waals surface area (Å²) in [5.74, 6) is -10.9. The normalized spacial score (nSPS) is 13.8. The van der Waals surface area contributed by atoms with Crippen molar-refractivity contribution in [2.45, 2.75) is 136 Å². The van der Waals surface area contributed by atoms with Gasteiger partial charge in [0, 0.05) is 57.4 Å². The van der Waals surface area contributed by atoms with Gasteiger partial charge in [-0.15, -0.1) is 0 Å². The molecule has 0 aliphatic heterocycles. The summed E-state index contributed by atoms with van der Waals surface area (Å²) >= 11 is 0. The molecule has 0 rings (SSSR count). The Morgan fingerprint density at radius 3 is 1.35 bits per heavy atom. The number of Topliss-reactive ketones (excluding diaryl/α,β-unsaturated/α-hetero) is 3. The van der Waals surface area contributed by atoms with Crippen LogP contribution < -0.4 is 16.0 Å². The summed E-state index contributed by atoms with van der Waals surface area (Å²) in [5.41, 5.74) is 0. The lowest BCUT2D eigenvalue weighted by molar-refractivity contribution is -0.145. The molecule has 294 valence electrons. The summed E-state index contributed by atoms with van der Waals surface area (Å²) in [6.45, 7) is 5.58. The molecule has 0 radical (unpaired) electrons. The predicted octanol–water partition coefficient (Wildman–Crippen LogP) is 2.27. The van der Waals surface area contributed by atoms with Crippen LogP contribution in [-0.4, -0.2) is 98.0 Å². The van der Waals surface area contributed by atoms with Crippen LogP contribution in [-0.2, 0) is 47.9 Å². The van der Waals surface area contributed by atoms with Gasteiger partial charge in [0.15, 0.2) is 0 Å². The molecule has 17 heteroatoms. The Labute approximate surface area is 303 Å². The summed E-state index contributed by atoms with van der Waals surface area (Å²) in [7, 11) is 0. The number of carbonyl (C=O) groups excluding carboxylic acids is 6. The van der Waals surface area contributed by atoms with Crippen molar-refractivity contribution in [1.82, 2.24) is 16.0 Å². The van der Waals surface area contributed by atoms with Gasteiger partial charge in [-0.3, -0.25) is 38.4 Å². The Balaban J connectivity index is 4.82. The highest BCUT2D eigenvalue weighted by molar-refractivity contribution is 5.88. The number of hydrogen-bond acceptors (Lipinski definition) is 10. The van der Waals surface area contributed by atoms with Gasteiger partial charge in [0.25, 0.3) is 0 Å². The molecule has 0 aliphatic rings. The Kier molecular flexibility index (Phi) is 23.8. The van der Waals surface area contributed by atoms with E-state index in [0.29, 0.717) is 25.8 Å². The monoisotopic (exact) mass is 741 g/mol. The Morgan fingerprint density at radius 1 is 0.500 bits per heavy atom. The maximum Gasteiger partial charge on any atom is 0.326 e. The third-order valence-corrected chi connectivity index (χ3v) is 8.62. The molecule has 0 bridgehead atoms.